The van der Waals surface area contributed by atoms with E-state index in [1.165, 1.54) is 38.5 Å². The van der Waals surface area contributed by atoms with Crippen molar-refractivity contribution >= 4 is 40.9 Å². The van der Waals surface area contributed by atoms with Gasteiger partial charge in [-0.25, -0.2) is 0 Å². The predicted molar refractivity (Wildman–Crippen MR) is 98.2 cm³/mol. The Hall–Kier alpha value is -0.330. The standard InChI is InChI=1S/C16H23IN2O.ClH/c17-15-10-6-5-9-14(15)16(20)19-12-11-18-13-7-3-1-2-4-8-13;/h5-6,9-10,13,18H,1-4,7-8,11-12H2,(H,19,20);1H. The average Bonchev–Trinajstić information content (AvgIpc) is 2.72. The second kappa shape index (κ2) is 10.4. The quantitative estimate of drug-likeness (QED) is 0.431. The van der Waals surface area contributed by atoms with Gasteiger partial charge in [-0.2, -0.15) is 0 Å². The zero-order valence-corrected chi connectivity index (χ0v) is 15.2. The Morgan fingerprint density at radius 2 is 1.76 bits per heavy atom. The number of nitrogens with one attached hydrogen (secondary N) is 2. The lowest BCUT2D eigenvalue weighted by atomic mass is 10.1. The minimum Gasteiger partial charge on any atom is -0.351 e. The molecule has 1 aliphatic carbocycles. The van der Waals surface area contributed by atoms with Gasteiger partial charge in [0.25, 0.3) is 5.91 Å². The van der Waals surface area contributed by atoms with Gasteiger partial charge in [0.2, 0.25) is 0 Å². The van der Waals surface area contributed by atoms with E-state index in [9.17, 15) is 4.79 Å². The van der Waals surface area contributed by atoms with Crippen LogP contribution in [-0.4, -0.2) is 25.0 Å². The van der Waals surface area contributed by atoms with Crippen molar-refractivity contribution in [1.29, 1.82) is 0 Å². The second-order valence-electron chi connectivity index (χ2n) is 5.38. The van der Waals surface area contributed by atoms with Crippen LogP contribution in [0.5, 0.6) is 0 Å². The third-order valence-corrected chi connectivity index (χ3v) is 4.76. The number of carbonyl (C=O) groups excluding carboxylic acids is 1. The number of hydrogen-bond donors (Lipinski definition) is 2. The van der Waals surface area contributed by atoms with Gasteiger partial charge in [-0.1, -0.05) is 37.8 Å². The highest BCUT2D eigenvalue weighted by Crippen LogP contribution is 2.16. The van der Waals surface area contributed by atoms with Crippen LogP contribution >= 0.6 is 35.0 Å². The van der Waals surface area contributed by atoms with Gasteiger partial charge < -0.3 is 10.6 Å². The van der Waals surface area contributed by atoms with E-state index < -0.39 is 0 Å². The van der Waals surface area contributed by atoms with E-state index in [4.69, 9.17) is 0 Å². The highest BCUT2D eigenvalue weighted by atomic mass is 127. The molecule has 2 rings (SSSR count). The molecule has 0 radical (unpaired) electrons. The lowest BCUT2D eigenvalue weighted by Crippen LogP contribution is -2.37. The zero-order valence-electron chi connectivity index (χ0n) is 12.2. The van der Waals surface area contributed by atoms with Crippen molar-refractivity contribution in [2.45, 2.75) is 44.6 Å². The van der Waals surface area contributed by atoms with E-state index in [0.717, 1.165) is 15.7 Å². The Bertz CT molecular complexity index is 434. The lowest BCUT2D eigenvalue weighted by Gasteiger charge is -2.16. The molecule has 3 nitrogen and oxygen atoms in total. The molecule has 1 aromatic rings. The Kier molecular flexibility index (Phi) is 9.27. The summed E-state index contributed by atoms with van der Waals surface area (Å²) < 4.78 is 0.999. The number of rotatable bonds is 5. The summed E-state index contributed by atoms with van der Waals surface area (Å²) in [5.74, 6) is 0.0256. The van der Waals surface area contributed by atoms with Gasteiger partial charge in [-0.05, 0) is 47.6 Å². The van der Waals surface area contributed by atoms with E-state index in [0.29, 0.717) is 12.6 Å². The minimum absolute atomic E-state index is 0. The Balaban J connectivity index is 0.00000220. The molecule has 0 saturated heterocycles. The molecule has 1 aromatic carbocycles. The summed E-state index contributed by atoms with van der Waals surface area (Å²) in [6.07, 6.45) is 8.00. The van der Waals surface area contributed by atoms with Crippen molar-refractivity contribution < 1.29 is 4.79 Å². The van der Waals surface area contributed by atoms with Crippen LogP contribution in [0.15, 0.2) is 24.3 Å². The van der Waals surface area contributed by atoms with Gasteiger partial charge in [0, 0.05) is 22.7 Å². The average molecular weight is 423 g/mol. The van der Waals surface area contributed by atoms with Gasteiger partial charge in [-0.15, -0.1) is 12.4 Å². The van der Waals surface area contributed by atoms with E-state index in [-0.39, 0.29) is 18.3 Å². The van der Waals surface area contributed by atoms with Crippen LogP contribution in [0.25, 0.3) is 0 Å². The number of benzene rings is 1. The molecule has 0 unspecified atom stereocenters. The summed E-state index contributed by atoms with van der Waals surface area (Å²) >= 11 is 2.20. The molecule has 5 heteroatoms. The van der Waals surface area contributed by atoms with Gasteiger partial charge in [0.15, 0.2) is 0 Å². The number of halogens is 2. The van der Waals surface area contributed by atoms with Gasteiger partial charge >= 0.3 is 0 Å². The first-order valence-corrected chi connectivity index (χ1v) is 8.61. The van der Waals surface area contributed by atoms with E-state index in [1.807, 2.05) is 24.3 Å². The maximum atomic E-state index is 12.0. The molecule has 0 aliphatic heterocycles. The van der Waals surface area contributed by atoms with Crippen molar-refractivity contribution in [1.82, 2.24) is 10.6 Å². The number of carbonyl (C=O) groups is 1. The molecule has 0 bridgehead atoms. The van der Waals surface area contributed by atoms with Crippen molar-refractivity contribution in [3.8, 4) is 0 Å². The molecule has 1 saturated carbocycles. The van der Waals surface area contributed by atoms with Crippen LogP contribution in [0, 0.1) is 3.57 Å². The van der Waals surface area contributed by atoms with E-state index >= 15 is 0 Å². The zero-order chi connectivity index (χ0) is 14.2. The first-order valence-electron chi connectivity index (χ1n) is 7.53. The summed E-state index contributed by atoms with van der Waals surface area (Å²) in [5.41, 5.74) is 0.766. The van der Waals surface area contributed by atoms with Gasteiger partial charge in [0.1, 0.15) is 0 Å². The second-order valence-corrected chi connectivity index (χ2v) is 6.54. The molecular formula is C16H24ClIN2O. The summed E-state index contributed by atoms with van der Waals surface area (Å²) in [7, 11) is 0. The van der Waals surface area contributed by atoms with Crippen LogP contribution in [0.1, 0.15) is 48.9 Å². The number of amides is 1. The van der Waals surface area contributed by atoms with Crippen LogP contribution < -0.4 is 10.6 Å². The van der Waals surface area contributed by atoms with E-state index in [2.05, 4.69) is 33.2 Å². The Labute approximate surface area is 147 Å². The molecule has 0 spiro atoms. The fraction of sp³-hybridized carbons (Fsp3) is 0.562. The van der Waals surface area contributed by atoms with Crippen LogP contribution in [0.4, 0.5) is 0 Å². The van der Waals surface area contributed by atoms with Gasteiger partial charge in [0.05, 0.1) is 5.56 Å². The van der Waals surface area contributed by atoms with Crippen molar-refractivity contribution in [2.75, 3.05) is 13.1 Å². The van der Waals surface area contributed by atoms with Crippen molar-refractivity contribution in [3.63, 3.8) is 0 Å². The van der Waals surface area contributed by atoms with E-state index in [1.54, 1.807) is 0 Å². The maximum absolute atomic E-state index is 12.0. The summed E-state index contributed by atoms with van der Waals surface area (Å²) in [5, 5.41) is 6.56. The highest BCUT2D eigenvalue weighted by molar-refractivity contribution is 14.1. The molecule has 0 atom stereocenters. The first kappa shape index (κ1) is 18.7. The monoisotopic (exact) mass is 422 g/mol. The molecule has 1 aliphatic rings. The molecule has 21 heavy (non-hydrogen) atoms. The molecule has 1 amide bonds. The largest absolute Gasteiger partial charge is 0.351 e. The Morgan fingerprint density at radius 1 is 1.10 bits per heavy atom. The van der Waals surface area contributed by atoms with Crippen molar-refractivity contribution in [2.24, 2.45) is 0 Å². The maximum Gasteiger partial charge on any atom is 0.252 e. The fourth-order valence-electron chi connectivity index (χ4n) is 2.68. The smallest absolute Gasteiger partial charge is 0.252 e. The van der Waals surface area contributed by atoms with Crippen LogP contribution in [-0.2, 0) is 0 Å². The van der Waals surface area contributed by atoms with Crippen LogP contribution in [0.2, 0.25) is 0 Å². The SMILES string of the molecule is Cl.O=C(NCCNC1CCCCCC1)c1ccccc1I. The third kappa shape index (κ3) is 6.53. The molecule has 118 valence electrons. The molecule has 0 aromatic heterocycles. The fourth-order valence-corrected chi connectivity index (χ4v) is 3.31. The third-order valence-electron chi connectivity index (χ3n) is 3.82. The molecule has 0 heterocycles. The molecule has 1 fully saturated rings. The number of hydrogen-bond acceptors (Lipinski definition) is 2. The first-order chi connectivity index (χ1) is 9.77. The molecular weight excluding hydrogens is 399 g/mol. The normalized spacial score (nSPS) is 15.9. The lowest BCUT2D eigenvalue weighted by molar-refractivity contribution is 0.0952. The summed E-state index contributed by atoms with van der Waals surface area (Å²) in [6, 6.07) is 8.33. The van der Waals surface area contributed by atoms with Crippen LogP contribution in [0.3, 0.4) is 0 Å². The Morgan fingerprint density at radius 3 is 2.43 bits per heavy atom. The van der Waals surface area contributed by atoms with Crippen molar-refractivity contribution in [3.05, 3.63) is 33.4 Å². The highest BCUT2D eigenvalue weighted by Gasteiger charge is 2.12. The molecule has 2 N–H and O–H groups in total. The van der Waals surface area contributed by atoms with Gasteiger partial charge in [-0.3, -0.25) is 4.79 Å². The summed E-state index contributed by atoms with van der Waals surface area (Å²) in [6.45, 7) is 1.56. The predicted octanol–water partition coefficient (Wildman–Crippen LogP) is 3.76. The minimum atomic E-state index is 0. The topological polar surface area (TPSA) is 41.1 Å². The summed E-state index contributed by atoms with van der Waals surface area (Å²) in [4.78, 5) is 12.0.